The van der Waals surface area contributed by atoms with Crippen molar-refractivity contribution in [2.75, 3.05) is 14.1 Å². The molecule has 0 radical (unpaired) electrons. The second kappa shape index (κ2) is 6.54. The Labute approximate surface area is 106 Å². The number of amides is 2. The third kappa shape index (κ3) is 3.41. The van der Waals surface area contributed by atoms with Gasteiger partial charge in [0.15, 0.2) is 0 Å². The van der Waals surface area contributed by atoms with E-state index in [0.717, 1.165) is 11.8 Å². The minimum Gasteiger partial charge on any atom is -0.355 e. The van der Waals surface area contributed by atoms with Gasteiger partial charge >= 0.3 is 0 Å². The molecule has 1 aromatic rings. The molecular weight excluding hydrogens is 232 g/mol. The number of hydrogen-bond donors (Lipinski definition) is 2. The van der Waals surface area contributed by atoms with Gasteiger partial charge < -0.3 is 15.4 Å². The van der Waals surface area contributed by atoms with Crippen molar-refractivity contribution in [2.24, 2.45) is 0 Å². The van der Waals surface area contributed by atoms with Gasteiger partial charge in [0, 0.05) is 31.6 Å². The number of benzene rings is 1. The zero-order valence-corrected chi connectivity index (χ0v) is 10.4. The molecule has 0 aromatic heterocycles. The van der Waals surface area contributed by atoms with E-state index in [1.54, 1.807) is 12.1 Å². The van der Waals surface area contributed by atoms with Crippen molar-refractivity contribution in [3.05, 3.63) is 34.9 Å². The number of rotatable bonds is 5. The van der Waals surface area contributed by atoms with Gasteiger partial charge in [-0.2, -0.15) is 0 Å². The highest BCUT2D eigenvalue weighted by atomic mass is 16.2. The fourth-order valence-corrected chi connectivity index (χ4v) is 1.61. The molecule has 18 heavy (non-hydrogen) atoms. The first-order valence-corrected chi connectivity index (χ1v) is 5.64. The number of aryl methyl sites for hydroxylation is 1. The van der Waals surface area contributed by atoms with Crippen molar-refractivity contribution in [1.29, 1.82) is 0 Å². The van der Waals surface area contributed by atoms with Gasteiger partial charge in [-0.1, -0.05) is 0 Å². The minimum atomic E-state index is -0.256. The van der Waals surface area contributed by atoms with E-state index in [2.05, 4.69) is 10.6 Å². The molecule has 1 rings (SSSR count). The van der Waals surface area contributed by atoms with Crippen molar-refractivity contribution in [3.8, 4) is 0 Å². The molecule has 0 unspecified atom stereocenters. The van der Waals surface area contributed by atoms with Crippen LogP contribution in [0, 0.1) is 0 Å². The quantitative estimate of drug-likeness (QED) is 0.747. The van der Waals surface area contributed by atoms with E-state index >= 15 is 0 Å². The van der Waals surface area contributed by atoms with Crippen LogP contribution < -0.4 is 10.6 Å². The molecule has 2 N–H and O–H groups in total. The smallest absolute Gasteiger partial charge is 0.251 e. The van der Waals surface area contributed by atoms with E-state index in [-0.39, 0.29) is 11.8 Å². The van der Waals surface area contributed by atoms with Crippen LogP contribution in [0.5, 0.6) is 0 Å². The van der Waals surface area contributed by atoms with Gasteiger partial charge in [0.25, 0.3) is 11.8 Å². The SMILES string of the molecule is CNC(=O)c1cc(CCC=O)cc(C(=O)NC)c1. The molecule has 5 heteroatoms. The van der Waals surface area contributed by atoms with Gasteiger partial charge in [0.1, 0.15) is 6.29 Å². The highest BCUT2D eigenvalue weighted by Gasteiger charge is 2.11. The Morgan fingerprint density at radius 3 is 1.94 bits per heavy atom. The van der Waals surface area contributed by atoms with E-state index in [1.807, 2.05) is 0 Å². The lowest BCUT2D eigenvalue weighted by Crippen LogP contribution is -2.21. The summed E-state index contributed by atoms with van der Waals surface area (Å²) in [5, 5.41) is 5.02. The molecule has 0 bridgehead atoms. The average Bonchev–Trinajstić information content (AvgIpc) is 2.42. The fraction of sp³-hybridized carbons (Fsp3) is 0.308. The first kappa shape index (κ1) is 13.9. The maximum Gasteiger partial charge on any atom is 0.251 e. The summed E-state index contributed by atoms with van der Waals surface area (Å²) < 4.78 is 0. The Kier molecular flexibility index (Phi) is 5.05. The van der Waals surface area contributed by atoms with Crippen LogP contribution in [0.25, 0.3) is 0 Å². The Morgan fingerprint density at radius 1 is 1.06 bits per heavy atom. The average molecular weight is 248 g/mol. The van der Waals surface area contributed by atoms with E-state index in [1.165, 1.54) is 20.2 Å². The first-order valence-electron chi connectivity index (χ1n) is 5.64. The third-order valence-corrected chi connectivity index (χ3v) is 2.52. The Morgan fingerprint density at radius 2 is 1.56 bits per heavy atom. The second-order valence-electron chi connectivity index (χ2n) is 3.78. The maximum absolute atomic E-state index is 11.6. The van der Waals surface area contributed by atoms with Crippen molar-refractivity contribution < 1.29 is 14.4 Å². The summed E-state index contributed by atoms with van der Waals surface area (Å²) in [4.78, 5) is 33.6. The lowest BCUT2D eigenvalue weighted by molar-refractivity contribution is -0.107. The van der Waals surface area contributed by atoms with Gasteiger partial charge in [-0.15, -0.1) is 0 Å². The zero-order chi connectivity index (χ0) is 13.5. The minimum absolute atomic E-state index is 0.256. The van der Waals surface area contributed by atoms with Gasteiger partial charge in [-0.25, -0.2) is 0 Å². The first-order chi connectivity index (χ1) is 8.62. The third-order valence-electron chi connectivity index (χ3n) is 2.52. The van der Waals surface area contributed by atoms with Crippen molar-refractivity contribution >= 4 is 18.1 Å². The van der Waals surface area contributed by atoms with Crippen molar-refractivity contribution in [2.45, 2.75) is 12.8 Å². The molecule has 2 amide bonds. The largest absolute Gasteiger partial charge is 0.355 e. The van der Waals surface area contributed by atoms with Gasteiger partial charge in [0.2, 0.25) is 0 Å². The van der Waals surface area contributed by atoms with E-state index in [4.69, 9.17) is 0 Å². The molecule has 0 atom stereocenters. The Balaban J connectivity index is 3.14. The molecule has 0 spiro atoms. The van der Waals surface area contributed by atoms with Crippen LogP contribution in [0.4, 0.5) is 0 Å². The molecule has 0 saturated carbocycles. The predicted molar refractivity (Wildman–Crippen MR) is 67.6 cm³/mol. The Hall–Kier alpha value is -2.17. The van der Waals surface area contributed by atoms with Gasteiger partial charge in [-0.05, 0) is 30.2 Å². The predicted octanol–water partition coefficient (Wildman–Crippen LogP) is 0.537. The van der Waals surface area contributed by atoms with Crippen LogP contribution in [0.1, 0.15) is 32.7 Å². The van der Waals surface area contributed by atoms with E-state index in [9.17, 15) is 14.4 Å². The molecule has 5 nitrogen and oxygen atoms in total. The van der Waals surface area contributed by atoms with Crippen LogP contribution in [-0.2, 0) is 11.2 Å². The maximum atomic E-state index is 11.6. The highest BCUT2D eigenvalue weighted by Crippen LogP contribution is 2.12. The monoisotopic (exact) mass is 248 g/mol. The lowest BCUT2D eigenvalue weighted by Gasteiger charge is -2.07. The number of aldehydes is 1. The van der Waals surface area contributed by atoms with Gasteiger partial charge in [-0.3, -0.25) is 9.59 Å². The van der Waals surface area contributed by atoms with E-state index in [0.29, 0.717) is 24.0 Å². The lowest BCUT2D eigenvalue weighted by atomic mass is 10.0. The molecule has 0 aliphatic carbocycles. The molecule has 1 aromatic carbocycles. The van der Waals surface area contributed by atoms with Crippen LogP contribution >= 0.6 is 0 Å². The molecular formula is C13H16N2O3. The molecule has 96 valence electrons. The summed E-state index contributed by atoms with van der Waals surface area (Å²) in [6.45, 7) is 0. The topological polar surface area (TPSA) is 75.3 Å². The molecule has 0 aliphatic rings. The summed E-state index contributed by atoms with van der Waals surface area (Å²) in [6, 6.07) is 4.91. The van der Waals surface area contributed by atoms with Crippen molar-refractivity contribution in [3.63, 3.8) is 0 Å². The van der Waals surface area contributed by atoms with E-state index < -0.39 is 0 Å². The number of carbonyl (C=O) groups excluding carboxylic acids is 3. The molecule has 0 saturated heterocycles. The highest BCUT2D eigenvalue weighted by molar-refractivity contribution is 5.99. The van der Waals surface area contributed by atoms with Crippen molar-refractivity contribution in [1.82, 2.24) is 10.6 Å². The molecule has 0 heterocycles. The normalized spacial score (nSPS) is 9.67. The van der Waals surface area contributed by atoms with Crippen LogP contribution in [0.15, 0.2) is 18.2 Å². The van der Waals surface area contributed by atoms with Crippen LogP contribution in [0.2, 0.25) is 0 Å². The molecule has 0 aliphatic heterocycles. The standard InChI is InChI=1S/C13H16N2O3/c1-14-12(17)10-6-9(4-3-5-16)7-11(8-10)13(18)15-2/h5-8H,3-4H2,1-2H3,(H,14,17)(H,15,18). The molecule has 0 fully saturated rings. The van der Waals surface area contributed by atoms with Crippen LogP contribution in [0.3, 0.4) is 0 Å². The van der Waals surface area contributed by atoms with Crippen LogP contribution in [-0.4, -0.2) is 32.2 Å². The summed E-state index contributed by atoms with van der Waals surface area (Å²) in [6.07, 6.45) is 1.69. The summed E-state index contributed by atoms with van der Waals surface area (Å²) in [5.74, 6) is -0.513. The number of carbonyl (C=O) groups is 3. The fourth-order valence-electron chi connectivity index (χ4n) is 1.61. The summed E-state index contributed by atoms with van der Waals surface area (Å²) in [5.41, 5.74) is 1.63. The Bertz CT molecular complexity index is 435. The van der Waals surface area contributed by atoms with Gasteiger partial charge in [0.05, 0.1) is 0 Å². The zero-order valence-electron chi connectivity index (χ0n) is 10.4. The summed E-state index contributed by atoms with van der Waals surface area (Å²) in [7, 11) is 3.06. The number of nitrogens with one attached hydrogen (secondary N) is 2. The second-order valence-corrected chi connectivity index (χ2v) is 3.78. The number of hydrogen-bond acceptors (Lipinski definition) is 3. The summed E-state index contributed by atoms with van der Waals surface area (Å²) >= 11 is 0.